The molecule has 20 heavy (non-hydrogen) atoms. The zero-order valence-electron chi connectivity index (χ0n) is 11.1. The molecular formula is C13H16FN5S. The van der Waals surface area contributed by atoms with Crippen molar-refractivity contribution in [1.29, 1.82) is 0 Å². The van der Waals surface area contributed by atoms with Gasteiger partial charge in [0.15, 0.2) is 5.13 Å². The monoisotopic (exact) mass is 293 g/mol. The van der Waals surface area contributed by atoms with Crippen molar-refractivity contribution in [1.82, 2.24) is 14.9 Å². The lowest BCUT2D eigenvalue weighted by molar-refractivity contribution is 0.154. The molecule has 7 heteroatoms. The van der Waals surface area contributed by atoms with Crippen molar-refractivity contribution < 1.29 is 4.39 Å². The van der Waals surface area contributed by atoms with Crippen molar-refractivity contribution in [2.45, 2.75) is 12.6 Å². The molecule has 1 saturated heterocycles. The maximum atomic E-state index is 12.7. The van der Waals surface area contributed by atoms with Crippen LogP contribution < -0.4 is 10.6 Å². The van der Waals surface area contributed by atoms with Crippen molar-refractivity contribution >= 4 is 22.3 Å². The second-order valence-electron chi connectivity index (χ2n) is 4.78. The molecule has 0 unspecified atom stereocenters. The van der Waals surface area contributed by atoms with E-state index in [1.807, 2.05) is 13.2 Å². The van der Waals surface area contributed by atoms with Crippen LogP contribution in [0.3, 0.4) is 0 Å². The third-order valence-electron chi connectivity index (χ3n) is 3.18. The minimum absolute atomic E-state index is 0.309. The van der Waals surface area contributed by atoms with Gasteiger partial charge in [-0.1, -0.05) is 0 Å². The van der Waals surface area contributed by atoms with Gasteiger partial charge in [0.1, 0.15) is 11.6 Å². The van der Waals surface area contributed by atoms with Crippen LogP contribution in [0.1, 0.15) is 4.88 Å². The fourth-order valence-electron chi connectivity index (χ4n) is 2.18. The fraction of sp³-hybridized carbons (Fsp3) is 0.385. The summed E-state index contributed by atoms with van der Waals surface area (Å²) in [7, 11) is 1.88. The van der Waals surface area contributed by atoms with Crippen LogP contribution in [0, 0.1) is 5.82 Å². The van der Waals surface area contributed by atoms with Crippen LogP contribution in [0.5, 0.6) is 0 Å². The molecule has 2 aromatic heterocycles. The van der Waals surface area contributed by atoms with Crippen molar-refractivity contribution in [3.8, 4) is 0 Å². The predicted octanol–water partition coefficient (Wildman–Crippen LogP) is 2.02. The summed E-state index contributed by atoms with van der Waals surface area (Å²) in [4.78, 5) is 11.9. The van der Waals surface area contributed by atoms with E-state index in [9.17, 15) is 4.39 Å². The van der Waals surface area contributed by atoms with E-state index in [1.165, 1.54) is 17.1 Å². The highest BCUT2D eigenvalue weighted by Gasteiger charge is 2.27. The topological polar surface area (TPSA) is 53.1 Å². The van der Waals surface area contributed by atoms with Gasteiger partial charge < -0.3 is 10.6 Å². The minimum atomic E-state index is -0.309. The summed E-state index contributed by atoms with van der Waals surface area (Å²) in [6.45, 7) is 2.85. The quantitative estimate of drug-likeness (QED) is 0.883. The summed E-state index contributed by atoms with van der Waals surface area (Å²) in [6.07, 6.45) is 3.15. The van der Waals surface area contributed by atoms with Gasteiger partial charge in [-0.3, -0.25) is 4.90 Å². The van der Waals surface area contributed by atoms with E-state index in [2.05, 4.69) is 25.5 Å². The molecule has 1 aliphatic heterocycles. The number of hydrogen-bond donors (Lipinski definition) is 2. The van der Waals surface area contributed by atoms with Crippen LogP contribution in [-0.4, -0.2) is 41.0 Å². The first kappa shape index (κ1) is 13.3. The molecule has 0 saturated carbocycles. The number of anilines is 2. The smallest absolute Gasteiger partial charge is 0.182 e. The Morgan fingerprint density at radius 1 is 1.35 bits per heavy atom. The van der Waals surface area contributed by atoms with Gasteiger partial charge in [-0.25, -0.2) is 14.4 Å². The lowest BCUT2D eigenvalue weighted by Crippen LogP contribution is -2.54. The Labute approximate surface area is 120 Å². The lowest BCUT2D eigenvalue weighted by Gasteiger charge is -2.39. The summed E-state index contributed by atoms with van der Waals surface area (Å²) in [5.74, 6) is 0.419. The molecule has 0 aromatic carbocycles. The summed E-state index contributed by atoms with van der Waals surface area (Å²) in [5.41, 5.74) is 0. The standard InChI is InChI=1S/C13H16FN5S/c1-15-13-17-5-11(20-13)8-19-6-10(7-19)18-12-3-2-9(14)4-16-12/h2-5,10H,6-8H2,1H3,(H,15,17)(H,16,18). The molecule has 1 aliphatic rings. The third-order valence-corrected chi connectivity index (χ3v) is 4.18. The Bertz CT molecular complexity index is 564. The highest BCUT2D eigenvalue weighted by molar-refractivity contribution is 7.15. The SMILES string of the molecule is CNc1ncc(CN2CC(Nc3ccc(F)cn3)C2)s1. The van der Waals surface area contributed by atoms with Crippen LogP contribution in [0.15, 0.2) is 24.5 Å². The van der Waals surface area contributed by atoms with Crippen LogP contribution in [-0.2, 0) is 6.54 Å². The molecule has 0 spiro atoms. The summed E-state index contributed by atoms with van der Waals surface area (Å²) >= 11 is 1.68. The first-order valence-electron chi connectivity index (χ1n) is 6.46. The molecule has 0 bridgehead atoms. The Kier molecular flexibility index (Phi) is 3.79. The zero-order valence-corrected chi connectivity index (χ0v) is 12.0. The normalized spacial score (nSPS) is 15.9. The van der Waals surface area contributed by atoms with E-state index < -0.39 is 0 Å². The van der Waals surface area contributed by atoms with Crippen molar-refractivity contribution in [3.63, 3.8) is 0 Å². The first-order chi connectivity index (χ1) is 9.72. The van der Waals surface area contributed by atoms with Gasteiger partial charge in [-0.2, -0.15) is 0 Å². The highest BCUT2D eigenvalue weighted by atomic mass is 32.1. The van der Waals surface area contributed by atoms with E-state index in [-0.39, 0.29) is 5.82 Å². The van der Waals surface area contributed by atoms with Crippen LogP contribution >= 0.6 is 11.3 Å². The number of hydrogen-bond acceptors (Lipinski definition) is 6. The number of aromatic nitrogens is 2. The van der Waals surface area contributed by atoms with Crippen molar-refractivity contribution in [2.24, 2.45) is 0 Å². The number of pyridine rings is 1. The van der Waals surface area contributed by atoms with E-state index >= 15 is 0 Å². The third kappa shape index (κ3) is 3.05. The van der Waals surface area contributed by atoms with Gasteiger partial charge in [0.2, 0.25) is 0 Å². The molecule has 1 fully saturated rings. The average molecular weight is 293 g/mol. The summed E-state index contributed by atoms with van der Waals surface area (Å²) < 4.78 is 12.7. The maximum Gasteiger partial charge on any atom is 0.182 e. The van der Waals surface area contributed by atoms with Crippen LogP contribution in [0.4, 0.5) is 15.3 Å². The Morgan fingerprint density at radius 2 is 2.20 bits per heavy atom. The number of nitrogens with one attached hydrogen (secondary N) is 2. The Hall–Kier alpha value is -1.73. The molecule has 0 amide bonds. The number of thiazole rings is 1. The van der Waals surface area contributed by atoms with Gasteiger partial charge in [0.05, 0.1) is 12.2 Å². The molecule has 3 rings (SSSR count). The lowest BCUT2D eigenvalue weighted by atomic mass is 10.1. The summed E-state index contributed by atoms with van der Waals surface area (Å²) in [5, 5.41) is 7.28. The van der Waals surface area contributed by atoms with Crippen LogP contribution in [0.25, 0.3) is 0 Å². The Balaban J connectivity index is 1.45. The Morgan fingerprint density at radius 3 is 2.85 bits per heavy atom. The second-order valence-corrected chi connectivity index (χ2v) is 5.89. The van der Waals surface area contributed by atoms with Crippen molar-refractivity contribution in [2.75, 3.05) is 30.8 Å². The molecule has 5 nitrogen and oxygen atoms in total. The van der Waals surface area contributed by atoms with Crippen LogP contribution in [0.2, 0.25) is 0 Å². The molecular weight excluding hydrogens is 277 g/mol. The molecule has 0 aliphatic carbocycles. The molecule has 2 aromatic rings. The predicted molar refractivity (Wildman–Crippen MR) is 78.5 cm³/mol. The maximum absolute atomic E-state index is 12.7. The number of nitrogens with zero attached hydrogens (tertiary/aromatic N) is 3. The first-order valence-corrected chi connectivity index (χ1v) is 7.27. The average Bonchev–Trinajstić information content (AvgIpc) is 2.86. The molecule has 106 valence electrons. The van der Waals surface area contributed by atoms with E-state index in [0.717, 1.165) is 30.6 Å². The van der Waals surface area contributed by atoms with Gasteiger partial charge in [0.25, 0.3) is 0 Å². The van der Waals surface area contributed by atoms with E-state index in [1.54, 1.807) is 17.4 Å². The largest absolute Gasteiger partial charge is 0.365 e. The summed E-state index contributed by atoms with van der Waals surface area (Å²) in [6, 6.07) is 3.47. The van der Waals surface area contributed by atoms with Gasteiger partial charge in [-0.05, 0) is 12.1 Å². The number of halogens is 1. The molecule has 2 N–H and O–H groups in total. The fourth-order valence-corrected chi connectivity index (χ4v) is 2.99. The highest BCUT2D eigenvalue weighted by Crippen LogP contribution is 2.22. The second kappa shape index (κ2) is 5.72. The molecule has 3 heterocycles. The van der Waals surface area contributed by atoms with Gasteiger partial charge in [0, 0.05) is 37.8 Å². The van der Waals surface area contributed by atoms with E-state index in [0.29, 0.717) is 6.04 Å². The van der Waals surface area contributed by atoms with E-state index in [4.69, 9.17) is 0 Å². The van der Waals surface area contributed by atoms with Gasteiger partial charge >= 0.3 is 0 Å². The number of likely N-dealkylation sites (tertiary alicyclic amines) is 1. The zero-order chi connectivity index (χ0) is 13.9. The van der Waals surface area contributed by atoms with Gasteiger partial charge in [-0.15, -0.1) is 11.3 Å². The molecule has 0 radical (unpaired) electrons. The van der Waals surface area contributed by atoms with Crippen molar-refractivity contribution in [3.05, 3.63) is 35.2 Å². The molecule has 0 atom stereocenters. The number of rotatable bonds is 5. The minimum Gasteiger partial charge on any atom is -0.365 e.